The molecule has 0 nitrogen and oxygen atoms in total. The van der Waals surface area contributed by atoms with E-state index in [1.165, 1.54) is 0 Å². The summed E-state index contributed by atoms with van der Waals surface area (Å²) < 4.78 is 0. The minimum atomic E-state index is 0. The molecule has 0 saturated heterocycles. The van der Waals surface area contributed by atoms with Gasteiger partial charge < -0.3 is 0 Å². The van der Waals surface area contributed by atoms with Gasteiger partial charge in [-0.25, -0.2) is 0 Å². The largest absolute Gasteiger partial charge is 0.269 e. The maximum Gasteiger partial charge on any atom is -0.0473 e. The number of hydrogen-bond donors (Lipinski definition) is 0. The second kappa shape index (κ2) is 696000. The van der Waals surface area contributed by atoms with Crippen molar-refractivity contribution in [1.29, 1.82) is 0 Å². The zero-order valence-electron chi connectivity index (χ0n) is 6.37. The third-order valence-electron chi connectivity index (χ3n) is 0. The molecule has 0 N–H and O–H groups in total. The van der Waals surface area contributed by atoms with Crippen molar-refractivity contribution >= 4 is 0 Å². The van der Waals surface area contributed by atoms with E-state index >= 15 is 0 Å². The first kappa shape index (κ1) is 1360. The lowest BCUT2D eigenvalue weighted by atomic mass is 10.8. The molecular formula is C3H16F10. The maximum atomic E-state index is 3.36. The summed E-state index contributed by atoms with van der Waals surface area (Å²) in [4.78, 5) is 0. The lowest BCUT2D eigenvalue weighted by Crippen LogP contribution is -1.07. The lowest BCUT2D eigenvalue weighted by molar-refractivity contribution is 1.11. The Morgan fingerprint density at radius 2 is 0.538 bits per heavy atom. The first-order valence-corrected chi connectivity index (χ1v) is 0.986. The molecule has 0 rings (SSSR count). The highest BCUT2D eigenvalue weighted by Gasteiger charge is 1.15. The highest BCUT2D eigenvalue weighted by Crippen LogP contribution is 1.38. The van der Waals surface area contributed by atoms with Crippen molar-refractivity contribution < 1.29 is 47.0 Å². The monoisotopic (exact) mass is 242 g/mol. The molecule has 0 aliphatic carbocycles. The molecule has 0 aromatic carbocycles. The summed E-state index contributed by atoms with van der Waals surface area (Å²) in [5.41, 5.74) is 0. The van der Waals surface area contributed by atoms with Gasteiger partial charge in [0.2, 0.25) is 0 Å². The predicted octanol–water partition coefficient (Wildman–Crippen LogP) is 2.72. The zero-order chi connectivity index (χ0) is 2.71. The van der Waals surface area contributed by atoms with Crippen LogP contribution in [0.15, 0.2) is 12.7 Å². The van der Waals surface area contributed by atoms with E-state index in [9.17, 15) is 0 Å². The van der Waals surface area contributed by atoms with E-state index in [2.05, 4.69) is 6.58 Å². The van der Waals surface area contributed by atoms with Crippen LogP contribution in [0.2, 0.25) is 0 Å². The van der Waals surface area contributed by atoms with Crippen molar-refractivity contribution in [2.75, 3.05) is 0 Å². The highest BCUT2D eigenvalue weighted by atomic mass is 19.0. The van der Waals surface area contributed by atoms with Crippen LogP contribution in [0, 0.1) is 0 Å². The Balaban J connectivity index is -0.000000000444. The molecule has 0 amide bonds. The van der Waals surface area contributed by atoms with Crippen molar-refractivity contribution in [3.05, 3.63) is 12.7 Å². The van der Waals surface area contributed by atoms with Crippen molar-refractivity contribution in [2.45, 2.75) is 6.92 Å². The molecule has 0 unspecified atom stereocenters. The molecule has 98 valence electrons. The average molecular weight is 242 g/mol. The van der Waals surface area contributed by atoms with Crippen LogP contribution >= 0.6 is 0 Å². The van der Waals surface area contributed by atoms with Crippen molar-refractivity contribution in [3.63, 3.8) is 0 Å². The molecule has 0 aliphatic rings. The fourth-order valence-corrected chi connectivity index (χ4v) is 0. The van der Waals surface area contributed by atoms with Gasteiger partial charge in [-0.05, 0) is 6.92 Å². The smallest absolute Gasteiger partial charge is 0.0473 e. The Morgan fingerprint density at radius 3 is 0.538 bits per heavy atom. The second-order valence-corrected chi connectivity index (χ2v) is 0.408. The molecule has 0 aliphatic heterocycles. The standard InChI is InChI=1S/C3H6.10FH/c1-3-2;;;;;;;;;;/h3H,1H2,2H3;10*1H. The number of hydrogen-bond acceptors (Lipinski definition) is 0. The Bertz CT molecular complexity index is 17.6. The van der Waals surface area contributed by atoms with E-state index < -0.39 is 0 Å². The fourth-order valence-electron chi connectivity index (χ4n) is 0. The minimum absolute atomic E-state index is 0. The van der Waals surface area contributed by atoms with Crippen LogP contribution in [0.5, 0.6) is 0 Å². The van der Waals surface area contributed by atoms with Crippen LogP contribution in [-0.2, 0) is 0 Å². The Hall–Kier alpha value is -0.960. The molecule has 10 heteroatoms. The number of halogens is 10. The van der Waals surface area contributed by atoms with Crippen LogP contribution in [0.3, 0.4) is 0 Å². The highest BCUT2D eigenvalue weighted by molar-refractivity contribution is 4.51. The van der Waals surface area contributed by atoms with Crippen LogP contribution in [0.4, 0.5) is 47.0 Å². The maximum absolute atomic E-state index is 3.36. The summed E-state index contributed by atoms with van der Waals surface area (Å²) >= 11 is 0. The molecular weight excluding hydrogens is 226 g/mol. The summed E-state index contributed by atoms with van der Waals surface area (Å²) in [7, 11) is 0. The Labute approximate surface area is 68.1 Å². The molecule has 13 heavy (non-hydrogen) atoms. The van der Waals surface area contributed by atoms with Crippen molar-refractivity contribution in [1.82, 2.24) is 0 Å². The van der Waals surface area contributed by atoms with Crippen LogP contribution in [0.25, 0.3) is 0 Å². The molecule has 0 bridgehead atoms. The van der Waals surface area contributed by atoms with Crippen molar-refractivity contribution in [2.24, 2.45) is 0 Å². The summed E-state index contributed by atoms with van der Waals surface area (Å²) in [6.45, 7) is 5.25. The SMILES string of the molecule is C=CC.F.F.F.F.F.F.F.F.F.F. The van der Waals surface area contributed by atoms with E-state index in [0.717, 1.165) is 0 Å². The van der Waals surface area contributed by atoms with Gasteiger partial charge in [0, 0.05) is 0 Å². The van der Waals surface area contributed by atoms with E-state index in [0.29, 0.717) is 0 Å². The topological polar surface area (TPSA) is 0 Å². The summed E-state index contributed by atoms with van der Waals surface area (Å²) in [6.07, 6.45) is 1.75. The minimum Gasteiger partial charge on any atom is -0.269 e. The van der Waals surface area contributed by atoms with Gasteiger partial charge in [-0.1, -0.05) is 6.08 Å². The second-order valence-electron chi connectivity index (χ2n) is 0.408. The van der Waals surface area contributed by atoms with E-state index in [4.69, 9.17) is 0 Å². The summed E-state index contributed by atoms with van der Waals surface area (Å²) in [5.74, 6) is 0. The fraction of sp³-hybridized carbons (Fsp3) is 0.333. The summed E-state index contributed by atoms with van der Waals surface area (Å²) in [6, 6.07) is 0. The van der Waals surface area contributed by atoms with Crippen LogP contribution in [-0.4, -0.2) is 0 Å². The van der Waals surface area contributed by atoms with Crippen LogP contribution in [0.1, 0.15) is 6.92 Å². The Morgan fingerprint density at radius 1 is 0.538 bits per heavy atom. The third kappa shape index (κ3) is 979. The molecule has 0 heterocycles. The molecule has 0 fully saturated rings. The van der Waals surface area contributed by atoms with Gasteiger partial charge in [-0.2, -0.15) is 0 Å². The van der Waals surface area contributed by atoms with E-state index in [1.807, 2.05) is 6.92 Å². The van der Waals surface area contributed by atoms with Gasteiger partial charge in [-0.3, -0.25) is 47.0 Å². The molecule has 0 spiro atoms. The molecule has 0 aromatic heterocycles. The molecule has 0 radical (unpaired) electrons. The molecule has 0 aromatic rings. The third-order valence-corrected chi connectivity index (χ3v) is 0. The van der Waals surface area contributed by atoms with Gasteiger partial charge >= 0.3 is 0 Å². The van der Waals surface area contributed by atoms with Gasteiger partial charge in [0.1, 0.15) is 0 Å². The zero-order valence-corrected chi connectivity index (χ0v) is 6.37. The first-order chi connectivity index (χ1) is 1.41. The summed E-state index contributed by atoms with van der Waals surface area (Å²) in [5, 5.41) is 0. The van der Waals surface area contributed by atoms with Gasteiger partial charge in [-0.15, -0.1) is 6.58 Å². The van der Waals surface area contributed by atoms with Crippen LogP contribution < -0.4 is 0 Å². The number of rotatable bonds is 0. The normalized spacial score (nSPS) is 1.00. The lowest BCUT2D eigenvalue weighted by Gasteiger charge is -1.31. The predicted molar refractivity (Wildman–Crippen MR) is 40.9 cm³/mol. The average Bonchev–Trinajstić information content (AvgIpc) is 0.918. The van der Waals surface area contributed by atoms with E-state index in [-0.39, 0.29) is 47.0 Å². The van der Waals surface area contributed by atoms with Gasteiger partial charge in [0.25, 0.3) is 0 Å². The molecule has 0 atom stereocenters. The Kier molecular flexibility index (Phi) is 72600000. The quantitative estimate of drug-likeness (QED) is 0.452. The first-order valence-electron chi connectivity index (χ1n) is 0.986. The van der Waals surface area contributed by atoms with E-state index in [1.54, 1.807) is 6.08 Å². The van der Waals surface area contributed by atoms with Gasteiger partial charge in [0.05, 0.1) is 0 Å². The van der Waals surface area contributed by atoms with Gasteiger partial charge in [0.15, 0.2) is 0 Å². The molecule has 0 saturated carbocycles. The van der Waals surface area contributed by atoms with Crippen molar-refractivity contribution in [3.8, 4) is 0 Å². The number of allylic oxidation sites excluding steroid dienone is 1.